The molecule has 1 aromatic heterocycles. The molecule has 0 saturated heterocycles. The maximum absolute atomic E-state index is 11.0. The first-order valence-electron chi connectivity index (χ1n) is 4.91. The van der Waals surface area contributed by atoms with Crippen LogP contribution in [0.4, 0.5) is 10.7 Å². The van der Waals surface area contributed by atoms with E-state index in [1.807, 2.05) is 0 Å². The Morgan fingerprint density at radius 3 is 2.83 bits per heavy atom. The SMILES string of the molecule is NC(=O)c1cccc(Nc2scnc2C(=O)O)c1. The number of amides is 1. The van der Waals surface area contributed by atoms with Gasteiger partial charge in [0.25, 0.3) is 0 Å². The van der Waals surface area contributed by atoms with Gasteiger partial charge in [0.2, 0.25) is 5.91 Å². The molecule has 0 radical (unpaired) electrons. The molecule has 0 bridgehead atoms. The minimum Gasteiger partial charge on any atom is -0.476 e. The standard InChI is InChI=1S/C11H9N3O3S/c12-9(15)6-2-1-3-7(4-6)14-10-8(11(16)17)13-5-18-10/h1-5,14H,(H2,12,15)(H,16,17). The minimum absolute atomic E-state index is 0.0514. The van der Waals surface area contributed by atoms with Crippen molar-refractivity contribution in [3.05, 3.63) is 41.0 Å². The van der Waals surface area contributed by atoms with Crippen molar-refractivity contribution < 1.29 is 14.7 Å². The normalized spacial score (nSPS) is 10.0. The monoisotopic (exact) mass is 263 g/mol. The van der Waals surface area contributed by atoms with Gasteiger partial charge in [0.05, 0.1) is 5.51 Å². The van der Waals surface area contributed by atoms with E-state index in [1.165, 1.54) is 16.8 Å². The highest BCUT2D eigenvalue weighted by molar-refractivity contribution is 7.14. The summed E-state index contributed by atoms with van der Waals surface area (Å²) in [5.41, 5.74) is 7.48. The fraction of sp³-hybridized carbons (Fsp3) is 0. The molecule has 0 unspecified atom stereocenters. The van der Waals surface area contributed by atoms with Gasteiger partial charge >= 0.3 is 5.97 Å². The molecule has 4 N–H and O–H groups in total. The molecule has 1 aromatic carbocycles. The summed E-state index contributed by atoms with van der Waals surface area (Å²) in [5.74, 6) is -1.65. The van der Waals surface area contributed by atoms with Crippen molar-refractivity contribution in [1.29, 1.82) is 0 Å². The van der Waals surface area contributed by atoms with E-state index in [9.17, 15) is 9.59 Å². The van der Waals surface area contributed by atoms with E-state index in [0.717, 1.165) is 0 Å². The van der Waals surface area contributed by atoms with Gasteiger partial charge < -0.3 is 16.2 Å². The second kappa shape index (κ2) is 4.84. The van der Waals surface area contributed by atoms with Gasteiger partial charge in [0.1, 0.15) is 5.00 Å². The van der Waals surface area contributed by atoms with E-state index in [4.69, 9.17) is 10.8 Å². The number of aromatic nitrogens is 1. The van der Waals surface area contributed by atoms with E-state index in [0.29, 0.717) is 16.3 Å². The van der Waals surface area contributed by atoms with Crippen LogP contribution in [0.2, 0.25) is 0 Å². The molecule has 0 aliphatic carbocycles. The number of nitrogens with two attached hydrogens (primary N) is 1. The zero-order valence-electron chi connectivity index (χ0n) is 9.08. The van der Waals surface area contributed by atoms with Gasteiger partial charge in [-0.15, -0.1) is 11.3 Å². The molecule has 7 heteroatoms. The molecule has 2 aromatic rings. The number of carbonyl (C=O) groups excluding carboxylic acids is 1. The molecule has 1 heterocycles. The number of primary amides is 1. The Hall–Kier alpha value is -2.41. The summed E-state index contributed by atoms with van der Waals surface area (Å²) in [6.07, 6.45) is 0. The summed E-state index contributed by atoms with van der Waals surface area (Å²) in [7, 11) is 0. The molecule has 92 valence electrons. The Morgan fingerprint density at radius 1 is 1.39 bits per heavy atom. The number of nitrogens with one attached hydrogen (secondary N) is 1. The summed E-state index contributed by atoms with van der Waals surface area (Å²) in [6.45, 7) is 0. The number of nitrogens with zero attached hydrogens (tertiary/aromatic N) is 1. The van der Waals surface area contributed by atoms with Crippen molar-refractivity contribution >= 4 is 33.9 Å². The van der Waals surface area contributed by atoms with Gasteiger partial charge in [0.15, 0.2) is 5.69 Å². The molecule has 0 atom stereocenters. The van der Waals surface area contributed by atoms with Gasteiger partial charge in [-0.3, -0.25) is 4.79 Å². The number of thiazole rings is 1. The smallest absolute Gasteiger partial charge is 0.357 e. The quantitative estimate of drug-likeness (QED) is 0.778. The van der Waals surface area contributed by atoms with Crippen molar-refractivity contribution in [1.82, 2.24) is 4.98 Å². The first-order chi connectivity index (χ1) is 8.58. The molecule has 1 amide bonds. The van der Waals surface area contributed by atoms with Crippen molar-refractivity contribution in [3.8, 4) is 0 Å². The van der Waals surface area contributed by atoms with E-state index in [1.54, 1.807) is 24.3 Å². The van der Waals surface area contributed by atoms with Crippen LogP contribution in [0.1, 0.15) is 20.8 Å². The van der Waals surface area contributed by atoms with E-state index < -0.39 is 11.9 Å². The van der Waals surface area contributed by atoms with Crippen LogP contribution in [0.25, 0.3) is 0 Å². The van der Waals surface area contributed by atoms with Gasteiger partial charge in [-0.25, -0.2) is 9.78 Å². The topological polar surface area (TPSA) is 105 Å². The number of carboxylic acids is 1. The molecule has 0 fully saturated rings. The Labute approximate surface area is 106 Å². The number of hydrogen-bond acceptors (Lipinski definition) is 5. The summed E-state index contributed by atoms with van der Waals surface area (Å²) in [4.78, 5) is 25.6. The highest BCUT2D eigenvalue weighted by Crippen LogP contribution is 2.25. The third-order valence-electron chi connectivity index (χ3n) is 2.17. The Balaban J connectivity index is 2.28. The summed E-state index contributed by atoms with van der Waals surface area (Å²) in [5, 5.41) is 12.2. The molecule has 0 spiro atoms. The first kappa shape index (κ1) is 12.1. The summed E-state index contributed by atoms with van der Waals surface area (Å²) >= 11 is 1.17. The van der Waals surface area contributed by atoms with Crippen molar-refractivity contribution in [3.63, 3.8) is 0 Å². The fourth-order valence-electron chi connectivity index (χ4n) is 1.37. The predicted octanol–water partition coefficient (Wildman–Crippen LogP) is 1.68. The highest BCUT2D eigenvalue weighted by atomic mass is 32.1. The van der Waals surface area contributed by atoms with Crippen LogP contribution < -0.4 is 11.1 Å². The highest BCUT2D eigenvalue weighted by Gasteiger charge is 2.13. The van der Waals surface area contributed by atoms with E-state index >= 15 is 0 Å². The van der Waals surface area contributed by atoms with Crippen LogP contribution >= 0.6 is 11.3 Å². The zero-order valence-corrected chi connectivity index (χ0v) is 9.90. The number of rotatable bonds is 4. The summed E-state index contributed by atoms with van der Waals surface area (Å²) in [6, 6.07) is 6.49. The number of hydrogen-bond donors (Lipinski definition) is 3. The second-order valence-corrected chi connectivity index (χ2v) is 4.26. The van der Waals surface area contributed by atoms with Crippen molar-refractivity contribution in [2.24, 2.45) is 5.73 Å². The lowest BCUT2D eigenvalue weighted by Gasteiger charge is -2.05. The Bertz CT molecular complexity index is 609. The van der Waals surface area contributed by atoms with E-state index in [-0.39, 0.29) is 5.69 Å². The molecule has 0 saturated carbocycles. The molecule has 0 aliphatic rings. The largest absolute Gasteiger partial charge is 0.476 e. The van der Waals surface area contributed by atoms with Crippen LogP contribution in [0.15, 0.2) is 29.8 Å². The maximum atomic E-state index is 11.0. The Morgan fingerprint density at radius 2 is 2.17 bits per heavy atom. The van der Waals surface area contributed by atoms with Gasteiger partial charge in [-0.1, -0.05) is 6.07 Å². The molecule has 6 nitrogen and oxygen atoms in total. The third kappa shape index (κ3) is 2.46. The summed E-state index contributed by atoms with van der Waals surface area (Å²) < 4.78 is 0. The molecule has 18 heavy (non-hydrogen) atoms. The maximum Gasteiger partial charge on any atom is 0.357 e. The minimum atomic E-state index is -1.11. The van der Waals surface area contributed by atoms with Crippen LogP contribution in [0, 0.1) is 0 Å². The lowest BCUT2D eigenvalue weighted by Crippen LogP contribution is -2.10. The van der Waals surface area contributed by atoms with E-state index in [2.05, 4.69) is 10.3 Å². The average Bonchev–Trinajstić information content (AvgIpc) is 2.77. The molecular formula is C11H9N3O3S. The number of aromatic carboxylic acids is 1. The van der Waals surface area contributed by atoms with Crippen LogP contribution in [0.5, 0.6) is 0 Å². The number of anilines is 2. The Kier molecular flexibility index (Phi) is 3.24. The van der Waals surface area contributed by atoms with Gasteiger partial charge in [-0.05, 0) is 18.2 Å². The van der Waals surface area contributed by atoms with Crippen molar-refractivity contribution in [2.45, 2.75) is 0 Å². The second-order valence-electron chi connectivity index (χ2n) is 3.41. The number of carbonyl (C=O) groups is 2. The van der Waals surface area contributed by atoms with Gasteiger partial charge in [-0.2, -0.15) is 0 Å². The van der Waals surface area contributed by atoms with Crippen LogP contribution in [-0.4, -0.2) is 22.0 Å². The predicted molar refractivity (Wildman–Crippen MR) is 67.3 cm³/mol. The van der Waals surface area contributed by atoms with Gasteiger partial charge in [0, 0.05) is 11.3 Å². The number of carboxylic acid groups (broad SMARTS) is 1. The van der Waals surface area contributed by atoms with Crippen LogP contribution in [-0.2, 0) is 0 Å². The molecule has 0 aliphatic heterocycles. The lowest BCUT2D eigenvalue weighted by molar-refractivity contribution is 0.0692. The lowest BCUT2D eigenvalue weighted by atomic mass is 10.2. The molecule has 2 rings (SSSR count). The average molecular weight is 263 g/mol. The zero-order chi connectivity index (χ0) is 13.1. The number of benzene rings is 1. The molecular weight excluding hydrogens is 254 g/mol. The first-order valence-corrected chi connectivity index (χ1v) is 5.79. The van der Waals surface area contributed by atoms with Crippen LogP contribution in [0.3, 0.4) is 0 Å². The third-order valence-corrected chi connectivity index (χ3v) is 2.92. The fourth-order valence-corrected chi connectivity index (χ4v) is 2.06. The van der Waals surface area contributed by atoms with Crippen molar-refractivity contribution in [2.75, 3.05) is 5.32 Å².